The monoisotopic (exact) mass is 345 g/mol. The van der Waals surface area contributed by atoms with Gasteiger partial charge in [0, 0.05) is 25.2 Å². The lowest BCUT2D eigenvalue weighted by molar-refractivity contribution is -0.139. The molecule has 0 saturated heterocycles. The van der Waals surface area contributed by atoms with Crippen molar-refractivity contribution in [1.82, 2.24) is 15.1 Å². The second kappa shape index (κ2) is 7.38. The lowest BCUT2D eigenvalue weighted by Crippen LogP contribution is -2.44. The van der Waals surface area contributed by atoms with Crippen LogP contribution in [0.4, 0.5) is 4.79 Å². The number of carbonyl (C=O) groups excluding carboxylic acids is 1. The molecule has 0 aliphatic rings. The number of carboxylic acids is 1. The van der Waals surface area contributed by atoms with E-state index < -0.39 is 23.7 Å². The summed E-state index contributed by atoms with van der Waals surface area (Å²) < 4.78 is 6.83. The summed E-state index contributed by atoms with van der Waals surface area (Å²) in [7, 11) is 1.84. The summed E-state index contributed by atoms with van der Waals surface area (Å²) in [6.07, 6.45) is 3.09. The Kier molecular flexibility index (Phi) is 5.46. The molecule has 0 fully saturated rings. The van der Waals surface area contributed by atoms with E-state index in [0.29, 0.717) is 0 Å². The Bertz CT molecular complexity index is 744. The topological polar surface area (TPSA) is 93.5 Å². The van der Waals surface area contributed by atoms with E-state index in [1.54, 1.807) is 31.6 Å². The number of hydrogen-bond donors (Lipinski definition) is 2. The van der Waals surface area contributed by atoms with Crippen molar-refractivity contribution in [2.75, 3.05) is 0 Å². The van der Waals surface area contributed by atoms with E-state index in [9.17, 15) is 14.7 Å². The Hall–Kier alpha value is -2.83. The number of aromatic nitrogens is 2. The Morgan fingerprint density at radius 1 is 1.24 bits per heavy atom. The molecule has 0 saturated carbocycles. The van der Waals surface area contributed by atoms with E-state index in [0.717, 1.165) is 16.7 Å². The number of nitrogens with zero attached hydrogens (tertiary/aromatic N) is 2. The van der Waals surface area contributed by atoms with E-state index in [1.807, 2.05) is 37.5 Å². The largest absolute Gasteiger partial charge is 0.480 e. The van der Waals surface area contributed by atoms with Crippen LogP contribution < -0.4 is 5.32 Å². The predicted octanol–water partition coefficient (Wildman–Crippen LogP) is 2.61. The zero-order chi connectivity index (χ0) is 18.6. The maximum absolute atomic E-state index is 11.8. The third-order valence-corrected chi connectivity index (χ3v) is 3.42. The van der Waals surface area contributed by atoms with Gasteiger partial charge >= 0.3 is 12.1 Å². The number of alkyl carbamates (subject to hydrolysis) is 1. The van der Waals surface area contributed by atoms with E-state index in [2.05, 4.69) is 10.4 Å². The molecule has 0 unspecified atom stereocenters. The van der Waals surface area contributed by atoms with Crippen molar-refractivity contribution in [3.8, 4) is 11.1 Å². The highest BCUT2D eigenvalue weighted by atomic mass is 16.6. The second-order valence-corrected chi connectivity index (χ2v) is 6.84. The van der Waals surface area contributed by atoms with Crippen LogP contribution >= 0.6 is 0 Å². The molecule has 1 aromatic carbocycles. The van der Waals surface area contributed by atoms with Crippen molar-refractivity contribution in [2.24, 2.45) is 7.05 Å². The van der Waals surface area contributed by atoms with Crippen LogP contribution in [-0.4, -0.2) is 38.6 Å². The first-order valence-electron chi connectivity index (χ1n) is 7.94. The summed E-state index contributed by atoms with van der Waals surface area (Å²) >= 11 is 0. The molecule has 1 amide bonds. The van der Waals surface area contributed by atoms with Crippen molar-refractivity contribution in [1.29, 1.82) is 0 Å². The van der Waals surface area contributed by atoms with Gasteiger partial charge in [0.05, 0.1) is 6.20 Å². The first kappa shape index (κ1) is 18.5. The van der Waals surface area contributed by atoms with Crippen LogP contribution in [0.3, 0.4) is 0 Å². The molecule has 1 heterocycles. The molecule has 7 heteroatoms. The highest BCUT2D eigenvalue weighted by Gasteiger charge is 2.24. The van der Waals surface area contributed by atoms with Crippen molar-refractivity contribution in [3.63, 3.8) is 0 Å². The maximum atomic E-state index is 11.8. The number of carbonyl (C=O) groups is 2. The summed E-state index contributed by atoms with van der Waals surface area (Å²) in [5, 5.41) is 15.9. The van der Waals surface area contributed by atoms with Gasteiger partial charge in [0.25, 0.3) is 0 Å². The van der Waals surface area contributed by atoms with Gasteiger partial charge in [0.1, 0.15) is 11.6 Å². The minimum absolute atomic E-state index is 0.169. The molecule has 25 heavy (non-hydrogen) atoms. The molecule has 0 bridgehead atoms. The quantitative estimate of drug-likeness (QED) is 0.869. The van der Waals surface area contributed by atoms with Crippen LogP contribution in [0.25, 0.3) is 11.1 Å². The van der Waals surface area contributed by atoms with Crippen LogP contribution in [-0.2, 0) is 23.0 Å². The molecular formula is C18H23N3O4. The van der Waals surface area contributed by atoms with Crippen molar-refractivity contribution in [3.05, 3.63) is 42.2 Å². The number of amides is 1. The molecule has 2 aromatic rings. The number of aryl methyl sites for hydroxylation is 1. The number of aliphatic carboxylic acids is 1. The summed E-state index contributed by atoms with van der Waals surface area (Å²) in [6, 6.07) is 6.43. The molecular weight excluding hydrogens is 322 g/mol. The van der Waals surface area contributed by atoms with Gasteiger partial charge in [-0.15, -0.1) is 0 Å². The van der Waals surface area contributed by atoms with Gasteiger partial charge in [-0.3, -0.25) is 4.68 Å². The lowest BCUT2D eigenvalue weighted by atomic mass is 10.0. The Morgan fingerprint density at radius 3 is 2.36 bits per heavy atom. The minimum Gasteiger partial charge on any atom is -0.480 e. The average Bonchev–Trinajstić information content (AvgIpc) is 2.92. The van der Waals surface area contributed by atoms with Gasteiger partial charge in [0.15, 0.2) is 0 Å². The van der Waals surface area contributed by atoms with Gasteiger partial charge in [-0.1, -0.05) is 24.3 Å². The summed E-state index contributed by atoms with van der Waals surface area (Å²) in [5.41, 5.74) is 2.09. The normalized spacial score (nSPS) is 12.5. The molecule has 134 valence electrons. The SMILES string of the molecule is Cn1cc(-c2ccc(C[C@H](NC(=O)OC(C)(C)C)C(=O)O)cc2)cn1. The second-order valence-electron chi connectivity index (χ2n) is 6.84. The van der Waals surface area contributed by atoms with Crippen LogP contribution in [0.2, 0.25) is 0 Å². The number of benzene rings is 1. The highest BCUT2D eigenvalue weighted by Crippen LogP contribution is 2.19. The van der Waals surface area contributed by atoms with Crippen LogP contribution in [0, 0.1) is 0 Å². The van der Waals surface area contributed by atoms with E-state index >= 15 is 0 Å². The predicted molar refractivity (Wildman–Crippen MR) is 93.1 cm³/mol. The zero-order valence-electron chi connectivity index (χ0n) is 14.8. The average molecular weight is 345 g/mol. The van der Waals surface area contributed by atoms with Gasteiger partial charge in [-0.05, 0) is 31.9 Å². The molecule has 0 aliphatic carbocycles. The van der Waals surface area contributed by atoms with Crippen LogP contribution in [0.15, 0.2) is 36.7 Å². The highest BCUT2D eigenvalue weighted by molar-refractivity contribution is 5.80. The molecule has 2 N–H and O–H groups in total. The van der Waals surface area contributed by atoms with Crippen LogP contribution in [0.1, 0.15) is 26.3 Å². The third-order valence-electron chi connectivity index (χ3n) is 3.42. The fraction of sp³-hybridized carbons (Fsp3) is 0.389. The van der Waals surface area contributed by atoms with Crippen molar-refractivity contribution < 1.29 is 19.4 Å². The van der Waals surface area contributed by atoms with Gasteiger partial charge in [-0.2, -0.15) is 5.10 Å². The van der Waals surface area contributed by atoms with Gasteiger partial charge < -0.3 is 15.2 Å². The molecule has 0 radical (unpaired) electrons. The minimum atomic E-state index is -1.11. The van der Waals surface area contributed by atoms with Crippen molar-refractivity contribution in [2.45, 2.75) is 38.8 Å². The Balaban J connectivity index is 2.04. The van der Waals surface area contributed by atoms with Crippen LogP contribution in [0.5, 0.6) is 0 Å². The number of nitrogens with one attached hydrogen (secondary N) is 1. The number of rotatable bonds is 5. The van der Waals surface area contributed by atoms with Gasteiger partial charge in [0.2, 0.25) is 0 Å². The molecule has 2 rings (SSSR count). The van der Waals surface area contributed by atoms with E-state index in [4.69, 9.17) is 4.74 Å². The number of carboxylic acid groups (broad SMARTS) is 1. The fourth-order valence-electron chi connectivity index (χ4n) is 2.29. The first-order valence-corrected chi connectivity index (χ1v) is 7.94. The number of hydrogen-bond acceptors (Lipinski definition) is 4. The molecule has 1 aromatic heterocycles. The Morgan fingerprint density at radius 2 is 1.88 bits per heavy atom. The first-order chi connectivity index (χ1) is 11.6. The van der Waals surface area contributed by atoms with E-state index in [-0.39, 0.29) is 6.42 Å². The Labute approximate surface area is 146 Å². The lowest BCUT2D eigenvalue weighted by Gasteiger charge is -2.22. The zero-order valence-corrected chi connectivity index (χ0v) is 14.8. The molecule has 0 aliphatic heterocycles. The smallest absolute Gasteiger partial charge is 0.408 e. The summed E-state index contributed by atoms with van der Waals surface area (Å²) in [5.74, 6) is -1.11. The summed E-state index contributed by atoms with van der Waals surface area (Å²) in [6.45, 7) is 5.17. The molecule has 0 spiro atoms. The fourth-order valence-corrected chi connectivity index (χ4v) is 2.29. The molecule has 7 nitrogen and oxygen atoms in total. The van der Waals surface area contributed by atoms with Crippen molar-refractivity contribution >= 4 is 12.1 Å². The van der Waals surface area contributed by atoms with Gasteiger partial charge in [-0.25, -0.2) is 9.59 Å². The van der Waals surface area contributed by atoms with E-state index in [1.165, 1.54) is 0 Å². The summed E-state index contributed by atoms with van der Waals surface area (Å²) in [4.78, 5) is 23.2. The standard InChI is InChI=1S/C18H23N3O4/c1-18(2,3)25-17(24)20-15(16(22)23)9-12-5-7-13(8-6-12)14-10-19-21(4)11-14/h5-8,10-11,15H,9H2,1-4H3,(H,20,24)(H,22,23)/t15-/m0/s1. The molecule has 1 atom stereocenters. The third kappa shape index (κ3) is 5.63. The number of ether oxygens (including phenoxy) is 1. The maximum Gasteiger partial charge on any atom is 0.408 e.